The zero-order valence-electron chi connectivity index (χ0n) is 17.1. The maximum Gasteiger partial charge on any atom is 0.267 e. The second kappa shape index (κ2) is 8.73. The van der Waals surface area contributed by atoms with Gasteiger partial charge in [-0.2, -0.15) is 5.10 Å². The van der Waals surface area contributed by atoms with Gasteiger partial charge in [-0.15, -0.1) is 0 Å². The molecule has 6 heteroatoms. The molecule has 0 saturated carbocycles. The number of aryl methyl sites for hydroxylation is 1. The summed E-state index contributed by atoms with van der Waals surface area (Å²) in [7, 11) is 1.61. The molecule has 0 aliphatic rings. The molecule has 0 N–H and O–H groups in total. The lowest BCUT2D eigenvalue weighted by Crippen LogP contribution is -2.40. The maximum absolute atomic E-state index is 13.2. The Labute approximate surface area is 170 Å². The van der Waals surface area contributed by atoms with Gasteiger partial charge in [-0.05, 0) is 62.7 Å². The quantitative estimate of drug-likeness (QED) is 0.640. The van der Waals surface area contributed by atoms with Crippen molar-refractivity contribution in [3.63, 3.8) is 0 Å². The second-order valence-corrected chi connectivity index (χ2v) is 6.77. The predicted molar refractivity (Wildman–Crippen MR) is 114 cm³/mol. The number of aromatic nitrogens is 2. The minimum absolute atomic E-state index is 0.178. The van der Waals surface area contributed by atoms with E-state index in [0.717, 1.165) is 22.6 Å². The second-order valence-electron chi connectivity index (χ2n) is 6.77. The van der Waals surface area contributed by atoms with Crippen LogP contribution < -0.4 is 15.2 Å². The molecule has 3 aromatic rings. The zero-order valence-corrected chi connectivity index (χ0v) is 17.1. The van der Waals surface area contributed by atoms with Gasteiger partial charge in [0.25, 0.3) is 11.5 Å². The number of amides is 1. The number of carbonyl (C=O) groups excluding carboxylic acids is 1. The van der Waals surface area contributed by atoms with Crippen molar-refractivity contribution in [1.29, 1.82) is 0 Å². The third kappa shape index (κ3) is 4.21. The van der Waals surface area contributed by atoms with Crippen LogP contribution in [0.3, 0.4) is 0 Å². The highest BCUT2D eigenvalue weighted by Crippen LogP contribution is 2.23. The number of hydrogen-bond acceptors (Lipinski definition) is 4. The topological polar surface area (TPSA) is 64.4 Å². The van der Waals surface area contributed by atoms with E-state index in [1.807, 2.05) is 62.4 Å². The Morgan fingerprint density at radius 3 is 2.41 bits per heavy atom. The van der Waals surface area contributed by atoms with Gasteiger partial charge in [0.2, 0.25) is 0 Å². The van der Waals surface area contributed by atoms with E-state index >= 15 is 0 Å². The van der Waals surface area contributed by atoms with E-state index in [1.54, 1.807) is 25.0 Å². The van der Waals surface area contributed by atoms with Gasteiger partial charge in [-0.3, -0.25) is 9.59 Å². The summed E-state index contributed by atoms with van der Waals surface area (Å²) in [4.78, 5) is 27.4. The Hall–Kier alpha value is -3.41. The first-order valence-electron chi connectivity index (χ1n) is 9.57. The van der Waals surface area contributed by atoms with Crippen LogP contribution in [-0.2, 0) is 4.79 Å². The number of likely N-dealkylation sites (N-methyl/N-ethyl adjacent to an activating group) is 1. The molecule has 0 saturated heterocycles. The summed E-state index contributed by atoms with van der Waals surface area (Å²) < 4.78 is 6.43. The minimum Gasteiger partial charge on any atom is -0.497 e. The zero-order chi connectivity index (χ0) is 21.0. The van der Waals surface area contributed by atoms with Crippen molar-refractivity contribution in [3.05, 3.63) is 76.6 Å². The Balaban J connectivity index is 1.95. The smallest absolute Gasteiger partial charge is 0.267 e. The van der Waals surface area contributed by atoms with Gasteiger partial charge in [0.05, 0.1) is 12.8 Å². The van der Waals surface area contributed by atoms with Crippen LogP contribution in [0, 0.1) is 6.92 Å². The molecule has 1 aromatic heterocycles. The number of nitrogens with zero attached hydrogens (tertiary/aromatic N) is 3. The number of carbonyl (C=O) groups is 1. The summed E-state index contributed by atoms with van der Waals surface area (Å²) in [5.41, 5.74) is 2.98. The molecule has 29 heavy (non-hydrogen) atoms. The van der Waals surface area contributed by atoms with E-state index in [1.165, 1.54) is 10.7 Å². The predicted octanol–water partition coefficient (Wildman–Crippen LogP) is 3.84. The molecule has 0 radical (unpaired) electrons. The molecular formula is C23H25N3O3. The number of methoxy groups -OCH3 is 1. The summed E-state index contributed by atoms with van der Waals surface area (Å²) in [5.74, 6) is 0.561. The lowest BCUT2D eigenvalue weighted by atomic mass is 10.1. The molecule has 1 amide bonds. The average molecular weight is 391 g/mol. The Kier molecular flexibility index (Phi) is 6.12. The first kappa shape index (κ1) is 20.3. The van der Waals surface area contributed by atoms with Crippen LogP contribution in [0.1, 0.15) is 25.5 Å². The van der Waals surface area contributed by atoms with Crippen molar-refractivity contribution < 1.29 is 9.53 Å². The molecule has 2 aromatic carbocycles. The summed E-state index contributed by atoms with van der Waals surface area (Å²) in [6.45, 7) is 6.09. The van der Waals surface area contributed by atoms with Crippen molar-refractivity contribution in [2.24, 2.45) is 0 Å². The summed E-state index contributed by atoms with van der Waals surface area (Å²) >= 11 is 0. The molecule has 150 valence electrons. The number of rotatable bonds is 6. The molecule has 1 heterocycles. The number of hydrogen-bond donors (Lipinski definition) is 0. The van der Waals surface area contributed by atoms with Crippen molar-refractivity contribution >= 4 is 11.6 Å². The highest BCUT2D eigenvalue weighted by Gasteiger charge is 2.25. The van der Waals surface area contributed by atoms with Crippen LogP contribution in [0.5, 0.6) is 5.75 Å². The van der Waals surface area contributed by atoms with E-state index in [4.69, 9.17) is 4.74 Å². The van der Waals surface area contributed by atoms with Gasteiger partial charge >= 0.3 is 0 Å². The van der Waals surface area contributed by atoms with Crippen LogP contribution in [0.15, 0.2) is 65.5 Å². The van der Waals surface area contributed by atoms with E-state index in [2.05, 4.69) is 5.10 Å². The molecule has 1 unspecified atom stereocenters. The normalized spacial score (nSPS) is 11.7. The fourth-order valence-electron chi connectivity index (χ4n) is 3.26. The monoisotopic (exact) mass is 391 g/mol. The van der Waals surface area contributed by atoms with Gasteiger partial charge in [0.1, 0.15) is 11.8 Å². The van der Waals surface area contributed by atoms with Crippen molar-refractivity contribution in [3.8, 4) is 17.0 Å². The summed E-state index contributed by atoms with van der Waals surface area (Å²) in [6, 6.07) is 17.5. The fourth-order valence-corrected chi connectivity index (χ4v) is 3.26. The first-order valence-corrected chi connectivity index (χ1v) is 9.57. The maximum atomic E-state index is 13.2. The van der Waals surface area contributed by atoms with Gasteiger partial charge < -0.3 is 9.64 Å². The lowest BCUT2D eigenvalue weighted by Gasteiger charge is -2.26. The van der Waals surface area contributed by atoms with Crippen LogP contribution in [-0.4, -0.2) is 29.3 Å². The molecule has 1 atom stereocenters. The summed E-state index contributed by atoms with van der Waals surface area (Å²) in [6.07, 6.45) is 0. The highest BCUT2D eigenvalue weighted by atomic mass is 16.5. The molecule has 0 aliphatic heterocycles. The SMILES string of the molecule is CCN(C(=O)C(C)n1nc(-c2ccc(OC)cc2)ccc1=O)c1ccccc1C. The molecular weight excluding hydrogens is 366 g/mol. The third-order valence-corrected chi connectivity index (χ3v) is 4.92. The summed E-state index contributed by atoms with van der Waals surface area (Å²) in [5, 5.41) is 4.47. The highest BCUT2D eigenvalue weighted by molar-refractivity contribution is 5.96. The Morgan fingerprint density at radius 2 is 1.79 bits per heavy atom. The standard InChI is InChI=1S/C23H25N3O3/c1-5-25(21-9-7-6-8-16(21)2)23(28)17(3)26-22(27)15-14-20(24-26)18-10-12-19(29-4)13-11-18/h6-15,17H,5H2,1-4H3. The molecule has 0 fully saturated rings. The van der Waals surface area contributed by atoms with Crippen molar-refractivity contribution in [2.75, 3.05) is 18.6 Å². The number of benzene rings is 2. The molecule has 0 bridgehead atoms. The van der Waals surface area contributed by atoms with Gasteiger partial charge in [-0.25, -0.2) is 4.68 Å². The van der Waals surface area contributed by atoms with Gasteiger partial charge in [0.15, 0.2) is 0 Å². The largest absolute Gasteiger partial charge is 0.497 e. The van der Waals surface area contributed by atoms with E-state index in [0.29, 0.717) is 12.2 Å². The minimum atomic E-state index is -0.736. The van der Waals surface area contributed by atoms with Crippen LogP contribution in [0.2, 0.25) is 0 Å². The molecule has 6 nitrogen and oxygen atoms in total. The van der Waals surface area contributed by atoms with E-state index in [-0.39, 0.29) is 11.5 Å². The van der Waals surface area contributed by atoms with Crippen LogP contribution in [0.25, 0.3) is 11.3 Å². The Bertz CT molecular complexity index is 1060. The lowest BCUT2D eigenvalue weighted by molar-refractivity contribution is -0.121. The number of anilines is 1. The van der Waals surface area contributed by atoms with E-state index in [9.17, 15) is 9.59 Å². The number of ether oxygens (including phenoxy) is 1. The first-order chi connectivity index (χ1) is 14.0. The Morgan fingerprint density at radius 1 is 1.10 bits per heavy atom. The molecule has 0 aliphatic carbocycles. The van der Waals surface area contributed by atoms with Gasteiger partial charge in [0, 0.05) is 23.9 Å². The van der Waals surface area contributed by atoms with Crippen molar-refractivity contribution in [2.45, 2.75) is 26.8 Å². The van der Waals surface area contributed by atoms with Crippen LogP contribution >= 0.6 is 0 Å². The average Bonchev–Trinajstić information content (AvgIpc) is 2.75. The van der Waals surface area contributed by atoms with Crippen molar-refractivity contribution in [1.82, 2.24) is 9.78 Å². The van der Waals surface area contributed by atoms with E-state index < -0.39 is 6.04 Å². The number of para-hydroxylation sites is 1. The molecule has 0 spiro atoms. The van der Waals surface area contributed by atoms with Crippen LogP contribution in [0.4, 0.5) is 5.69 Å². The fraction of sp³-hybridized carbons (Fsp3) is 0.261. The molecule has 3 rings (SSSR count). The third-order valence-electron chi connectivity index (χ3n) is 4.92. The van der Waals surface area contributed by atoms with Gasteiger partial charge in [-0.1, -0.05) is 18.2 Å².